The van der Waals surface area contributed by atoms with E-state index in [0.717, 1.165) is 26.5 Å². The van der Waals surface area contributed by atoms with E-state index in [-0.39, 0.29) is 12.2 Å². The molecule has 0 saturated carbocycles. The number of methoxy groups -OCH3 is 4. The fourth-order valence-electron chi connectivity index (χ4n) is 4.02. The third kappa shape index (κ3) is 5.70. The first-order valence-electron chi connectivity index (χ1n) is 11.5. The average Bonchev–Trinajstić information content (AvgIpc) is 3.35. The third-order valence-corrected chi connectivity index (χ3v) is 6.39. The van der Waals surface area contributed by atoms with Crippen LogP contribution in [0.1, 0.15) is 27.9 Å². The van der Waals surface area contributed by atoms with Crippen molar-refractivity contribution in [3.63, 3.8) is 0 Å². The van der Waals surface area contributed by atoms with Crippen LogP contribution in [0.2, 0.25) is 0 Å². The summed E-state index contributed by atoms with van der Waals surface area (Å²) in [4.78, 5) is 20.5. The number of H-pyrrole nitrogens is 1. The Morgan fingerprint density at radius 1 is 0.892 bits per heavy atom. The van der Waals surface area contributed by atoms with Crippen LogP contribution >= 0.6 is 15.9 Å². The molecular formula is C29H27BrN2O5. The van der Waals surface area contributed by atoms with Gasteiger partial charge in [0, 0.05) is 35.3 Å². The molecule has 0 fully saturated rings. The number of rotatable bonds is 10. The Morgan fingerprint density at radius 2 is 1.54 bits per heavy atom. The first kappa shape index (κ1) is 26.0. The average molecular weight is 563 g/mol. The minimum absolute atomic E-state index is 0.0160. The molecule has 0 bridgehead atoms. The number of nitrogens with zero attached hydrogens (tertiary/aromatic N) is 1. The highest BCUT2D eigenvalue weighted by atomic mass is 79.9. The van der Waals surface area contributed by atoms with Gasteiger partial charge in [-0.05, 0) is 57.4 Å². The highest BCUT2D eigenvalue weighted by Gasteiger charge is 2.13. The van der Waals surface area contributed by atoms with Gasteiger partial charge >= 0.3 is 0 Å². The second kappa shape index (κ2) is 11.8. The minimum atomic E-state index is -0.0160. The van der Waals surface area contributed by atoms with Crippen LogP contribution in [0, 0.1) is 0 Å². The van der Waals surface area contributed by atoms with Gasteiger partial charge in [0.25, 0.3) is 0 Å². The van der Waals surface area contributed by atoms with Crippen LogP contribution in [0.3, 0.4) is 0 Å². The minimum Gasteiger partial charge on any atom is -0.493 e. The van der Waals surface area contributed by atoms with Gasteiger partial charge < -0.3 is 23.9 Å². The van der Waals surface area contributed by atoms with E-state index in [2.05, 4.69) is 25.9 Å². The van der Waals surface area contributed by atoms with Crippen molar-refractivity contribution in [1.82, 2.24) is 4.98 Å². The predicted molar refractivity (Wildman–Crippen MR) is 151 cm³/mol. The van der Waals surface area contributed by atoms with E-state index < -0.39 is 0 Å². The number of ether oxygens (including phenoxy) is 4. The van der Waals surface area contributed by atoms with Crippen molar-refractivity contribution < 1.29 is 23.7 Å². The van der Waals surface area contributed by atoms with Gasteiger partial charge in [-0.3, -0.25) is 9.79 Å². The van der Waals surface area contributed by atoms with Crippen LogP contribution in [0.25, 0.3) is 23.1 Å². The van der Waals surface area contributed by atoms with E-state index in [0.29, 0.717) is 34.2 Å². The van der Waals surface area contributed by atoms with Crippen LogP contribution in [-0.4, -0.2) is 45.4 Å². The number of nitrogens with one attached hydrogen (secondary N) is 1. The maximum absolute atomic E-state index is 12.8. The molecule has 0 spiro atoms. The van der Waals surface area contributed by atoms with Gasteiger partial charge in [0.15, 0.2) is 23.0 Å². The summed E-state index contributed by atoms with van der Waals surface area (Å²) in [6, 6.07) is 15.3. The van der Waals surface area contributed by atoms with Gasteiger partial charge in [0.2, 0.25) is 5.75 Å². The van der Waals surface area contributed by atoms with Crippen molar-refractivity contribution in [2.75, 3.05) is 28.4 Å². The zero-order valence-electron chi connectivity index (χ0n) is 21.0. The largest absolute Gasteiger partial charge is 0.493 e. The van der Waals surface area contributed by atoms with E-state index in [9.17, 15) is 4.79 Å². The van der Waals surface area contributed by atoms with Gasteiger partial charge in [0.05, 0.1) is 32.9 Å². The number of aromatic nitrogens is 1. The Kier molecular flexibility index (Phi) is 8.30. The molecule has 0 aliphatic rings. The van der Waals surface area contributed by atoms with Gasteiger partial charge in [-0.15, -0.1) is 0 Å². The Bertz CT molecular complexity index is 1460. The van der Waals surface area contributed by atoms with Gasteiger partial charge in [-0.1, -0.05) is 30.4 Å². The van der Waals surface area contributed by atoms with Crippen molar-refractivity contribution in [3.05, 3.63) is 75.9 Å². The van der Waals surface area contributed by atoms with Crippen molar-refractivity contribution in [3.8, 4) is 23.0 Å². The molecule has 8 heteroatoms. The number of carbonyl (C=O) groups is 1. The summed E-state index contributed by atoms with van der Waals surface area (Å²) < 4.78 is 22.6. The zero-order chi connectivity index (χ0) is 26.4. The number of aromatic amines is 1. The lowest BCUT2D eigenvalue weighted by molar-refractivity contribution is 0.100. The second-order valence-electron chi connectivity index (χ2n) is 8.03. The number of aliphatic imine (C=N–C) groups is 1. The first-order chi connectivity index (χ1) is 18.0. The lowest BCUT2D eigenvalue weighted by atomic mass is 10.1. The molecule has 190 valence electrons. The molecule has 7 nitrogen and oxygen atoms in total. The van der Waals surface area contributed by atoms with E-state index >= 15 is 0 Å². The number of para-hydroxylation sites is 1. The van der Waals surface area contributed by atoms with E-state index in [4.69, 9.17) is 18.9 Å². The van der Waals surface area contributed by atoms with Crippen molar-refractivity contribution in [1.29, 1.82) is 0 Å². The number of carbonyl (C=O) groups excluding carboxylic acids is 1. The van der Waals surface area contributed by atoms with E-state index in [1.54, 1.807) is 40.9 Å². The molecule has 0 unspecified atom stereocenters. The summed E-state index contributed by atoms with van der Waals surface area (Å²) in [5.41, 5.74) is 3.94. The van der Waals surface area contributed by atoms with Crippen LogP contribution < -0.4 is 18.9 Å². The lowest BCUT2D eigenvalue weighted by Crippen LogP contribution is -1.98. The van der Waals surface area contributed by atoms with Crippen LogP contribution in [0.5, 0.6) is 23.0 Å². The van der Waals surface area contributed by atoms with Gasteiger partial charge in [-0.25, -0.2) is 0 Å². The van der Waals surface area contributed by atoms with Crippen LogP contribution in [0.4, 0.5) is 5.69 Å². The Balaban J connectivity index is 1.58. The van der Waals surface area contributed by atoms with Crippen LogP contribution in [0.15, 0.2) is 64.2 Å². The Morgan fingerprint density at radius 3 is 2.19 bits per heavy atom. The number of hydrogen-bond acceptors (Lipinski definition) is 6. The summed E-state index contributed by atoms with van der Waals surface area (Å²) in [6.45, 7) is 0. The molecule has 0 saturated heterocycles. The molecule has 4 rings (SSSR count). The molecule has 0 radical (unpaired) electrons. The molecule has 4 aromatic rings. The molecule has 0 atom stereocenters. The first-order valence-corrected chi connectivity index (χ1v) is 12.3. The van der Waals surface area contributed by atoms with E-state index in [1.807, 2.05) is 60.7 Å². The molecule has 3 aromatic carbocycles. The van der Waals surface area contributed by atoms with E-state index in [1.165, 1.54) is 0 Å². The number of halogens is 1. The lowest BCUT2D eigenvalue weighted by Gasteiger charge is -2.13. The number of ketones is 1. The zero-order valence-corrected chi connectivity index (χ0v) is 22.6. The van der Waals surface area contributed by atoms with Gasteiger partial charge in [0.1, 0.15) is 5.69 Å². The molecule has 1 N–H and O–H groups in total. The van der Waals surface area contributed by atoms with Crippen LogP contribution in [-0.2, 0) is 0 Å². The number of Topliss-reactive ketones (excluding diaryl/α,β-unsaturated/α-hetero) is 1. The van der Waals surface area contributed by atoms with Crippen molar-refractivity contribution in [2.45, 2.75) is 6.42 Å². The Hall–Kier alpha value is -4.04. The Labute approximate surface area is 223 Å². The van der Waals surface area contributed by atoms with Crippen molar-refractivity contribution in [2.24, 2.45) is 4.99 Å². The highest BCUT2D eigenvalue weighted by Crippen LogP contribution is 2.40. The fourth-order valence-corrected chi connectivity index (χ4v) is 4.65. The monoisotopic (exact) mass is 562 g/mol. The molecular weight excluding hydrogens is 536 g/mol. The smallest absolute Gasteiger partial charge is 0.203 e. The molecule has 1 heterocycles. The maximum Gasteiger partial charge on any atom is 0.203 e. The fraction of sp³-hybridized carbons (Fsp3) is 0.172. The topological polar surface area (TPSA) is 82.1 Å². The normalized spacial score (nSPS) is 11.4. The second-order valence-corrected chi connectivity index (χ2v) is 8.89. The quantitative estimate of drug-likeness (QED) is 0.126. The number of benzene rings is 3. The standard InChI is InChI=1S/C29H27BrN2O5/c1-34-26-15-19(16-27(35-2)29(26)37-4)10-9-18-13-22(30)28(36-3)24(14-18)31-12-11-25(33)21-17-32-23-8-6-5-7-20(21)23/h5-10,12-17,32H,11H2,1-4H3/b10-9-,31-12?. The number of fused-ring (bicyclic) bond motifs is 1. The van der Waals surface area contributed by atoms with Gasteiger partial charge in [-0.2, -0.15) is 0 Å². The maximum atomic E-state index is 12.8. The summed E-state index contributed by atoms with van der Waals surface area (Å²) in [6.07, 6.45) is 7.40. The number of hydrogen-bond donors (Lipinski definition) is 1. The molecule has 0 aliphatic heterocycles. The summed E-state index contributed by atoms with van der Waals surface area (Å²) in [7, 11) is 6.32. The SMILES string of the molecule is COc1cc(/C=C\c2cc(Br)c(OC)c(N=CCC(=O)c3c[nH]c4ccccc34)c2)cc(OC)c1OC. The highest BCUT2D eigenvalue weighted by molar-refractivity contribution is 9.10. The molecule has 0 aliphatic carbocycles. The summed E-state index contributed by atoms with van der Waals surface area (Å²) in [5, 5.41) is 0.903. The predicted octanol–water partition coefficient (Wildman–Crippen LogP) is 7.11. The van der Waals surface area contributed by atoms with Crippen molar-refractivity contribution >= 4 is 56.7 Å². The summed E-state index contributed by atoms with van der Waals surface area (Å²) >= 11 is 3.57. The molecule has 37 heavy (non-hydrogen) atoms. The third-order valence-electron chi connectivity index (χ3n) is 5.80. The summed E-state index contributed by atoms with van der Waals surface area (Å²) in [5.74, 6) is 2.25. The molecule has 1 aromatic heterocycles. The molecule has 0 amide bonds.